The first-order valence-corrected chi connectivity index (χ1v) is 13.1. The maximum absolute atomic E-state index is 13.3. The molecule has 0 aliphatic carbocycles. The van der Waals surface area contributed by atoms with Crippen LogP contribution in [0.4, 0.5) is 0 Å². The van der Waals surface area contributed by atoms with Gasteiger partial charge in [0.25, 0.3) is 15.9 Å². The average Bonchev–Trinajstić information content (AvgIpc) is 3.35. The molecule has 1 aromatic heterocycles. The van der Waals surface area contributed by atoms with E-state index in [1.54, 1.807) is 59.5 Å². The monoisotopic (exact) mass is 511 g/mol. The number of hydrogen-bond acceptors (Lipinski definition) is 6. The van der Waals surface area contributed by atoms with Crippen molar-refractivity contribution < 1.29 is 18.0 Å². The normalized spacial score (nSPS) is 15.5. The summed E-state index contributed by atoms with van der Waals surface area (Å²) in [6.07, 6.45) is 0. The van der Waals surface area contributed by atoms with E-state index in [1.165, 1.54) is 10.4 Å². The summed E-state index contributed by atoms with van der Waals surface area (Å²) in [4.78, 5) is 27.1. The predicted octanol–water partition coefficient (Wildman–Crippen LogP) is 1.80. The van der Waals surface area contributed by atoms with E-state index in [4.69, 9.17) is 16.9 Å². The molecule has 1 fully saturated rings. The number of benzene rings is 2. The summed E-state index contributed by atoms with van der Waals surface area (Å²) in [6, 6.07) is 18.6. The van der Waals surface area contributed by atoms with Gasteiger partial charge in [-0.1, -0.05) is 42.5 Å². The first-order chi connectivity index (χ1) is 16.7. The Hall–Kier alpha value is -3.54. The molecule has 1 saturated heterocycles. The fourth-order valence-electron chi connectivity index (χ4n) is 3.98. The highest BCUT2D eigenvalue weighted by Gasteiger charge is 2.32. The maximum Gasteiger partial charge on any atom is 0.253 e. The van der Waals surface area contributed by atoms with Crippen LogP contribution in [-0.4, -0.2) is 61.5 Å². The Kier molecular flexibility index (Phi) is 7.01. The fourth-order valence-corrected chi connectivity index (χ4v) is 7.02. The van der Waals surface area contributed by atoms with Gasteiger partial charge in [-0.2, -0.15) is 4.31 Å². The van der Waals surface area contributed by atoms with Gasteiger partial charge in [-0.15, -0.1) is 11.3 Å². The molecule has 1 aliphatic rings. The lowest BCUT2D eigenvalue weighted by molar-refractivity contribution is -0.118. The predicted molar refractivity (Wildman–Crippen MR) is 134 cm³/mol. The van der Waals surface area contributed by atoms with Crippen LogP contribution in [0.2, 0.25) is 0 Å². The van der Waals surface area contributed by atoms with Crippen LogP contribution in [0, 0.1) is 5.41 Å². The maximum atomic E-state index is 13.3. The largest absolute Gasteiger partial charge is 0.384 e. The number of sulfonamides is 1. The van der Waals surface area contributed by atoms with Gasteiger partial charge < -0.3 is 16.4 Å². The van der Waals surface area contributed by atoms with Crippen LogP contribution in [0.3, 0.4) is 0 Å². The number of thiophene rings is 1. The molecule has 3 aromatic rings. The number of carbonyl (C=O) groups is 2. The molecule has 5 N–H and O–H groups in total. The standard InChI is InChI=1S/C24H25N5O4S2/c25-22(26)17-6-8-18(9-7-17)24(31)28-12-14-29(15-13-28)35(32,33)20-11-10-19(34-20)21(23(27)30)16-4-2-1-3-5-16/h1-11,21H,12-15H2,(H3,25,26)(H2,27,30). The van der Waals surface area contributed by atoms with Crippen LogP contribution in [0.1, 0.15) is 32.3 Å². The van der Waals surface area contributed by atoms with E-state index in [0.29, 0.717) is 21.6 Å². The first kappa shape index (κ1) is 24.6. The lowest BCUT2D eigenvalue weighted by Crippen LogP contribution is -2.50. The molecule has 35 heavy (non-hydrogen) atoms. The van der Waals surface area contributed by atoms with Crippen LogP contribution in [0.15, 0.2) is 70.9 Å². The second-order valence-electron chi connectivity index (χ2n) is 8.09. The van der Waals surface area contributed by atoms with Gasteiger partial charge in [-0.25, -0.2) is 8.42 Å². The van der Waals surface area contributed by atoms with Crippen molar-refractivity contribution in [2.45, 2.75) is 10.1 Å². The number of amidine groups is 1. The molecule has 9 nitrogen and oxygen atoms in total. The summed E-state index contributed by atoms with van der Waals surface area (Å²) in [7, 11) is -3.79. The van der Waals surface area contributed by atoms with E-state index in [2.05, 4.69) is 0 Å². The number of nitrogen functional groups attached to an aromatic ring is 1. The number of rotatable bonds is 7. The summed E-state index contributed by atoms with van der Waals surface area (Å²) >= 11 is 1.03. The van der Waals surface area contributed by atoms with Crippen LogP contribution >= 0.6 is 11.3 Å². The Morgan fingerprint density at radius 3 is 2.03 bits per heavy atom. The van der Waals surface area contributed by atoms with Gasteiger partial charge >= 0.3 is 0 Å². The molecular weight excluding hydrogens is 486 g/mol. The summed E-state index contributed by atoms with van der Waals surface area (Å²) in [5, 5.41) is 7.45. The number of hydrogen-bond donors (Lipinski definition) is 3. The van der Waals surface area contributed by atoms with Gasteiger partial charge in [0.2, 0.25) is 5.91 Å². The van der Waals surface area contributed by atoms with E-state index in [0.717, 1.165) is 11.3 Å². The van der Waals surface area contributed by atoms with Crippen LogP contribution in [-0.2, 0) is 14.8 Å². The Balaban J connectivity index is 1.45. The summed E-state index contributed by atoms with van der Waals surface area (Å²) in [5.41, 5.74) is 12.8. The van der Waals surface area contributed by atoms with E-state index in [-0.39, 0.29) is 42.1 Å². The summed E-state index contributed by atoms with van der Waals surface area (Å²) in [6.45, 7) is 0.812. The van der Waals surface area contributed by atoms with Gasteiger partial charge in [0.05, 0.1) is 5.92 Å². The molecule has 4 rings (SSSR count). The third kappa shape index (κ3) is 5.11. The number of nitrogens with two attached hydrogens (primary N) is 2. The van der Waals surface area contributed by atoms with Crippen molar-refractivity contribution in [1.29, 1.82) is 5.41 Å². The van der Waals surface area contributed by atoms with Crippen molar-refractivity contribution in [3.8, 4) is 0 Å². The highest BCUT2D eigenvalue weighted by atomic mass is 32.2. The van der Waals surface area contributed by atoms with E-state index in [1.807, 2.05) is 6.07 Å². The number of piperazine rings is 1. The van der Waals surface area contributed by atoms with E-state index in [9.17, 15) is 18.0 Å². The molecular formula is C24H25N5O4S2. The third-order valence-corrected chi connectivity index (χ3v) is 9.38. The van der Waals surface area contributed by atoms with Gasteiger partial charge in [0, 0.05) is 42.2 Å². The number of amides is 2. The number of carbonyl (C=O) groups excluding carboxylic acids is 2. The van der Waals surface area contributed by atoms with Crippen molar-refractivity contribution in [2.24, 2.45) is 11.5 Å². The van der Waals surface area contributed by atoms with Crippen LogP contribution < -0.4 is 11.5 Å². The quantitative estimate of drug-likeness (QED) is 0.326. The minimum atomic E-state index is -3.79. The highest BCUT2D eigenvalue weighted by molar-refractivity contribution is 7.91. The molecule has 0 saturated carbocycles. The smallest absolute Gasteiger partial charge is 0.253 e. The molecule has 2 aromatic carbocycles. The molecule has 182 valence electrons. The van der Waals surface area contributed by atoms with Crippen molar-refractivity contribution in [2.75, 3.05) is 26.2 Å². The zero-order chi connectivity index (χ0) is 25.2. The van der Waals surface area contributed by atoms with Crippen molar-refractivity contribution in [1.82, 2.24) is 9.21 Å². The van der Waals surface area contributed by atoms with E-state index < -0.39 is 21.8 Å². The molecule has 2 heterocycles. The molecule has 1 aliphatic heterocycles. The number of nitrogens with zero attached hydrogens (tertiary/aromatic N) is 2. The van der Waals surface area contributed by atoms with Crippen molar-refractivity contribution in [3.63, 3.8) is 0 Å². The van der Waals surface area contributed by atoms with Crippen LogP contribution in [0.25, 0.3) is 0 Å². The Bertz CT molecular complexity index is 1350. The Morgan fingerprint density at radius 1 is 0.857 bits per heavy atom. The molecule has 0 bridgehead atoms. The topological polar surface area (TPSA) is 151 Å². The zero-order valence-electron chi connectivity index (χ0n) is 18.8. The van der Waals surface area contributed by atoms with Gasteiger partial charge in [0.1, 0.15) is 10.0 Å². The average molecular weight is 512 g/mol. The number of primary amides is 1. The van der Waals surface area contributed by atoms with Crippen molar-refractivity contribution in [3.05, 3.63) is 88.3 Å². The molecule has 1 unspecified atom stereocenters. The van der Waals surface area contributed by atoms with Gasteiger partial charge in [-0.3, -0.25) is 15.0 Å². The second-order valence-corrected chi connectivity index (χ2v) is 11.4. The SMILES string of the molecule is N=C(N)c1ccc(C(=O)N2CCN(S(=O)(=O)c3ccc(C(C(N)=O)c4ccccc4)s3)CC2)cc1. The fraction of sp³-hybridized carbons (Fsp3) is 0.208. The van der Waals surface area contributed by atoms with Crippen molar-refractivity contribution >= 4 is 39.0 Å². The Morgan fingerprint density at radius 2 is 1.46 bits per heavy atom. The third-order valence-electron chi connectivity index (χ3n) is 5.87. The lowest BCUT2D eigenvalue weighted by atomic mass is 9.97. The van der Waals surface area contributed by atoms with Gasteiger partial charge in [0.15, 0.2) is 0 Å². The Labute approximate surface area is 207 Å². The van der Waals surface area contributed by atoms with Crippen LogP contribution in [0.5, 0.6) is 0 Å². The number of nitrogens with one attached hydrogen (secondary N) is 1. The highest BCUT2D eigenvalue weighted by Crippen LogP contribution is 2.34. The summed E-state index contributed by atoms with van der Waals surface area (Å²) in [5.74, 6) is -1.56. The molecule has 11 heteroatoms. The van der Waals surface area contributed by atoms with Gasteiger partial charge in [-0.05, 0) is 29.8 Å². The molecule has 0 spiro atoms. The first-order valence-electron chi connectivity index (χ1n) is 10.9. The molecule has 2 amide bonds. The molecule has 0 radical (unpaired) electrons. The minimum absolute atomic E-state index is 0.0783. The second kappa shape index (κ2) is 9.98. The summed E-state index contributed by atoms with van der Waals surface area (Å²) < 4.78 is 28.0. The van der Waals surface area contributed by atoms with E-state index >= 15 is 0 Å². The molecule has 1 atom stereocenters. The minimum Gasteiger partial charge on any atom is -0.384 e. The lowest BCUT2D eigenvalue weighted by Gasteiger charge is -2.33. The zero-order valence-corrected chi connectivity index (χ0v) is 20.4.